The SMILES string of the molecule is O=C(Nc1ccc(Cl)nn1)c1cncc(Br)c1. The lowest BCUT2D eigenvalue weighted by atomic mass is 10.3. The van der Waals surface area contributed by atoms with Crippen LogP contribution in [0.15, 0.2) is 35.1 Å². The van der Waals surface area contributed by atoms with Crippen molar-refractivity contribution in [2.24, 2.45) is 0 Å². The van der Waals surface area contributed by atoms with Crippen LogP contribution in [0.3, 0.4) is 0 Å². The molecule has 0 aliphatic rings. The fourth-order valence-electron chi connectivity index (χ4n) is 1.11. The molecule has 0 bridgehead atoms. The molecule has 0 aliphatic heterocycles. The zero-order valence-electron chi connectivity index (χ0n) is 8.39. The van der Waals surface area contributed by atoms with Gasteiger partial charge in [-0.3, -0.25) is 9.78 Å². The normalized spacial score (nSPS) is 10.0. The van der Waals surface area contributed by atoms with Gasteiger partial charge >= 0.3 is 0 Å². The van der Waals surface area contributed by atoms with Crippen molar-refractivity contribution < 1.29 is 4.79 Å². The lowest BCUT2D eigenvalue weighted by molar-refractivity contribution is 0.102. The van der Waals surface area contributed by atoms with E-state index in [1.807, 2.05) is 0 Å². The number of carbonyl (C=O) groups excluding carboxylic acids is 1. The number of carbonyl (C=O) groups is 1. The zero-order chi connectivity index (χ0) is 12.3. The van der Waals surface area contributed by atoms with Gasteiger partial charge in [-0.05, 0) is 34.1 Å². The highest BCUT2D eigenvalue weighted by Crippen LogP contribution is 2.12. The number of aromatic nitrogens is 3. The molecule has 0 spiro atoms. The first-order valence-corrected chi connectivity index (χ1v) is 5.73. The summed E-state index contributed by atoms with van der Waals surface area (Å²) in [7, 11) is 0. The molecule has 17 heavy (non-hydrogen) atoms. The van der Waals surface area contributed by atoms with E-state index in [4.69, 9.17) is 11.6 Å². The predicted molar refractivity (Wildman–Crippen MR) is 66.9 cm³/mol. The molecule has 0 aromatic carbocycles. The molecule has 2 heterocycles. The van der Waals surface area contributed by atoms with Crippen LogP contribution in [-0.4, -0.2) is 21.1 Å². The summed E-state index contributed by atoms with van der Waals surface area (Å²) in [6, 6.07) is 4.77. The Morgan fingerprint density at radius 3 is 2.76 bits per heavy atom. The Bertz CT molecular complexity index is 546. The molecule has 2 aromatic rings. The van der Waals surface area contributed by atoms with Crippen LogP contribution in [0.25, 0.3) is 0 Å². The molecule has 2 aromatic heterocycles. The largest absolute Gasteiger partial charge is 0.305 e. The lowest BCUT2D eigenvalue weighted by Gasteiger charge is -2.03. The summed E-state index contributed by atoms with van der Waals surface area (Å²) >= 11 is 8.82. The van der Waals surface area contributed by atoms with Gasteiger partial charge in [0.1, 0.15) is 0 Å². The molecule has 7 heteroatoms. The first-order valence-electron chi connectivity index (χ1n) is 4.56. The van der Waals surface area contributed by atoms with Crippen LogP contribution in [-0.2, 0) is 0 Å². The molecule has 86 valence electrons. The van der Waals surface area contributed by atoms with Crippen LogP contribution in [0, 0.1) is 0 Å². The van der Waals surface area contributed by atoms with Crippen molar-refractivity contribution in [2.45, 2.75) is 0 Å². The topological polar surface area (TPSA) is 67.8 Å². The molecule has 0 saturated carbocycles. The summed E-state index contributed by atoms with van der Waals surface area (Å²) in [5, 5.41) is 10.2. The molecule has 1 amide bonds. The van der Waals surface area contributed by atoms with Crippen LogP contribution in [0.2, 0.25) is 5.15 Å². The minimum absolute atomic E-state index is 0.270. The summed E-state index contributed by atoms with van der Waals surface area (Å²) in [5.41, 5.74) is 0.427. The maximum atomic E-state index is 11.8. The fraction of sp³-hybridized carbons (Fsp3) is 0. The highest BCUT2D eigenvalue weighted by atomic mass is 79.9. The molecule has 2 rings (SSSR count). The minimum atomic E-state index is -0.310. The van der Waals surface area contributed by atoms with Crippen molar-refractivity contribution in [3.05, 3.63) is 45.8 Å². The Morgan fingerprint density at radius 1 is 1.29 bits per heavy atom. The maximum absolute atomic E-state index is 11.8. The number of anilines is 1. The molecule has 0 atom stereocenters. The summed E-state index contributed by atoms with van der Waals surface area (Å²) in [5.74, 6) is 0.0230. The van der Waals surface area contributed by atoms with E-state index in [2.05, 4.69) is 36.4 Å². The molecule has 0 aliphatic carbocycles. The number of halogens is 2. The Hall–Kier alpha value is -1.53. The number of amides is 1. The third-order valence-corrected chi connectivity index (χ3v) is 2.48. The van der Waals surface area contributed by atoms with E-state index < -0.39 is 0 Å². The Kier molecular flexibility index (Phi) is 3.65. The molecular formula is C10H6BrClN4O. The van der Waals surface area contributed by atoms with E-state index in [1.54, 1.807) is 24.4 Å². The second kappa shape index (κ2) is 5.20. The smallest absolute Gasteiger partial charge is 0.258 e. The number of nitrogens with zero attached hydrogens (tertiary/aromatic N) is 3. The molecule has 5 nitrogen and oxygen atoms in total. The summed E-state index contributed by atoms with van der Waals surface area (Å²) in [6.45, 7) is 0. The minimum Gasteiger partial charge on any atom is -0.305 e. The van der Waals surface area contributed by atoms with Gasteiger partial charge in [-0.1, -0.05) is 11.6 Å². The van der Waals surface area contributed by atoms with Crippen molar-refractivity contribution in [3.63, 3.8) is 0 Å². The lowest BCUT2D eigenvalue weighted by Crippen LogP contribution is -2.13. The molecule has 0 fully saturated rings. The molecule has 0 unspecified atom stereocenters. The van der Waals surface area contributed by atoms with Crippen LogP contribution in [0.4, 0.5) is 5.82 Å². The van der Waals surface area contributed by atoms with E-state index in [9.17, 15) is 4.79 Å². The third-order valence-electron chi connectivity index (χ3n) is 1.84. The number of pyridine rings is 1. The second-order valence-corrected chi connectivity index (χ2v) is 4.39. The molecule has 0 saturated heterocycles. The van der Waals surface area contributed by atoms with E-state index in [0.29, 0.717) is 11.4 Å². The van der Waals surface area contributed by atoms with Gasteiger partial charge in [-0.15, -0.1) is 10.2 Å². The van der Waals surface area contributed by atoms with Crippen molar-refractivity contribution in [2.75, 3.05) is 5.32 Å². The summed E-state index contributed by atoms with van der Waals surface area (Å²) < 4.78 is 0.729. The molecule has 0 radical (unpaired) electrons. The van der Waals surface area contributed by atoms with Gasteiger partial charge in [0.05, 0.1) is 5.56 Å². The third kappa shape index (κ3) is 3.21. The van der Waals surface area contributed by atoms with E-state index in [1.165, 1.54) is 6.20 Å². The number of rotatable bonds is 2. The standard InChI is InChI=1S/C10H6BrClN4O/c11-7-3-6(4-13-5-7)10(17)14-9-2-1-8(12)15-16-9/h1-5H,(H,14,16,17). The van der Waals surface area contributed by atoms with Crippen molar-refractivity contribution in [3.8, 4) is 0 Å². The van der Waals surface area contributed by atoms with Gasteiger partial charge in [0.2, 0.25) is 0 Å². The Labute approximate surface area is 110 Å². The second-order valence-electron chi connectivity index (χ2n) is 3.09. The van der Waals surface area contributed by atoms with E-state index in [0.717, 1.165) is 4.47 Å². The Balaban J connectivity index is 2.14. The average molecular weight is 314 g/mol. The van der Waals surface area contributed by atoms with Gasteiger partial charge in [0.25, 0.3) is 5.91 Å². The van der Waals surface area contributed by atoms with Crippen molar-refractivity contribution in [1.82, 2.24) is 15.2 Å². The van der Waals surface area contributed by atoms with Crippen LogP contribution in [0.1, 0.15) is 10.4 Å². The van der Waals surface area contributed by atoms with Gasteiger partial charge < -0.3 is 5.32 Å². The van der Waals surface area contributed by atoms with Crippen molar-refractivity contribution >= 4 is 39.3 Å². The van der Waals surface area contributed by atoms with Crippen LogP contribution >= 0.6 is 27.5 Å². The number of hydrogen-bond donors (Lipinski definition) is 1. The van der Waals surface area contributed by atoms with E-state index >= 15 is 0 Å². The van der Waals surface area contributed by atoms with Gasteiger partial charge in [-0.2, -0.15) is 0 Å². The first-order chi connectivity index (χ1) is 8.15. The van der Waals surface area contributed by atoms with Gasteiger partial charge in [0.15, 0.2) is 11.0 Å². The Morgan fingerprint density at radius 2 is 2.12 bits per heavy atom. The van der Waals surface area contributed by atoms with E-state index in [-0.39, 0.29) is 11.1 Å². The first kappa shape index (κ1) is 11.9. The highest BCUT2D eigenvalue weighted by Gasteiger charge is 2.07. The van der Waals surface area contributed by atoms with Gasteiger partial charge in [0, 0.05) is 16.9 Å². The monoisotopic (exact) mass is 312 g/mol. The fourth-order valence-corrected chi connectivity index (χ4v) is 1.57. The number of hydrogen-bond acceptors (Lipinski definition) is 4. The van der Waals surface area contributed by atoms with Crippen LogP contribution < -0.4 is 5.32 Å². The molecule has 1 N–H and O–H groups in total. The summed E-state index contributed by atoms with van der Waals surface area (Å²) in [6.07, 6.45) is 3.06. The quantitative estimate of drug-likeness (QED) is 0.925. The molecular weight excluding hydrogens is 307 g/mol. The van der Waals surface area contributed by atoms with Crippen molar-refractivity contribution in [1.29, 1.82) is 0 Å². The number of nitrogens with one attached hydrogen (secondary N) is 1. The maximum Gasteiger partial charge on any atom is 0.258 e. The zero-order valence-corrected chi connectivity index (χ0v) is 10.7. The van der Waals surface area contributed by atoms with Gasteiger partial charge in [-0.25, -0.2) is 0 Å². The van der Waals surface area contributed by atoms with Crippen LogP contribution in [0.5, 0.6) is 0 Å². The predicted octanol–water partition coefficient (Wildman–Crippen LogP) is 2.54. The average Bonchev–Trinajstić information content (AvgIpc) is 2.32. The highest BCUT2D eigenvalue weighted by molar-refractivity contribution is 9.10. The summed E-state index contributed by atoms with van der Waals surface area (Å²) in [4.78, 5) is 15.7.